The topological polar surface area (TPSA) is 44.9 Å². The zero-order chi connectivity index (χ0) is 32.9. The van der Waals surface area contributed by atoms with Crippen molar-refractivity contribution >= 4 is 25.1 Å². The summed E-state index contributed by atoms with van der Waals surface area (Å²) in [5.74, 6) is 2.20. The SMILES string of the molecule is COC(OC(C)c1cccc(C(C)C)c1[N-]C(C[PH+](C(C)(C)C)C(C)(C)C)=Nc1c(C(C)C)cccc1C(C)C)C(C)C.[CH3-].[Ni+2]. The van der Waals surface area contributed by atoms with Crippen LogP contribution < -0.4 is 0 Å². The molecule has 2 atom stereocenters. The molecule has 0 aliphatic carbocycles. The molecule has 2 unspecified atom stereocenters. The molecule has 45 heavy (non-hydrogen) atoms. The molecule has 0 saturated carbocycles. The first-order valence-corrected chi connectivity index (χ1v) is 18.1. The van der Waals surface area contributed by atoms with Crippen LogP contribution in [-0.2, 0) is 26.0 Å². The van der Waals surface area contributed by atoms with Gasteiger partial charge in [-0.05, 0) is 106 Å². The van der Waals surface area contributed by atoms with Crippen LogP contribution in [0, 0.1) is 13.3 Å². The molecule has 0 aliphatic heterocycles. The average Bonchev–Trinajstić information content (AvgIpc) is 2.88. The van der Waals surface area contributed by atoms with E-state index in [9.17, 15) is 0 Å². The fourth-order valence-electron chi connectivity index (χ4n) is 6.08. The molecule has 258 valence electrons. The third-order valence-electron chi connectivity index (χ3n) is 8.24. The Morgan fingerprint density at radius 1 is 0.733 bits per heavy atom. The van der Waals surface area contributed by atoms with E-state index in [4.69, 9.17) is 19.8 Å². The Kier molecular flexibility index (Phi) is 17.8. The Bertz CT molecular complexity index is 1170. The molecule has 0 N–H and O–H groups in total. The fourth-order valence-corrected chi connectivity index (χ4v) is 9.86. The summed E-state index contributed by atoms with van der Waals surface area (Å²) in [6.07, 6.45) is 0.409. The van der Waals surface area contributed by atoms with Gasteiger partial charge in [0.15, 0.2) is 6.29 Å². The molecule has 0 saturated heterocycles. The number of benzene rings is 2. The summed E-state index contributed by atoms with van der Waals surface area (Å²) in [6, 6.07) is 13.2. The number of nitrogens with zero attached hydrogens (tertiary/aromatic N) is 2. The summed E-state index contributed by atoms with van der Waals surface area (Å²) in [4.78, 5) is 5.58. The van der Waals surface area contributed by atoms with Crippen LogP contribution in [0.2, 0.25) is 0 Å². The maximum atomic E-state index is 6.50. The van der Waals surface area contributed by atoms with E-state index in [0.29, 0.717) is 17.8 Å². The van der Waals surface area contributed by atoms with Gasteiger partial charge in [-0.1, -0.05) is 91.8 Å². The Morgan fingerprint density at radius 2 is 1.16 bits per heavy atom. The second kappa shape index (κ2) is 18.3. The molecule has 2 rings (SSSR count). The Labute approximate surface area is 290 Å². The molecule has 2 aromatic rings. The molecule has 0 spiro atoms. The van der Waals surface area contributed by atoms with E-state index in [0.717, 1.165) is 28.9 Å². The number of rotatable bonds is 12. The number of hydrogen-bond acceptors (Lipinski definition) is 3. The quantitative estimate of drug-likeness (QED) is 0.0558. The van der Waals surface area contributed by atoms with Crippen molar-refractivity contribution in [2.24, 2.45) is 10.9 Å². The van der Waals surface area contributed by atoms with Crippen LogP contribution >= 0.6 is 7.92 Å². The average molecular weight is 685 g/mol. The van der Waals surface area contributed by atoms with Crippen LogP contribution in [0.3, 0.4) is 0 Å². The van der Waals surface area contributed by atoms with Gasteiger partial charge in [0.2, 0.25) is 0 Å². The molecule has 6 heteroatoms. The van der Waals surface area contributed by atoms with Gasteiger partial charge >= 0.3 is 16.5 Å². The zero-order valence-electron chi connectivity index (χ0n) is 31.7. The summed E-state index contributed by atoms with van der Waals surface area (Å²) in [5, 5.41) is 5.95. The number of ether oxygens (including phenoxy) is 2. The summed E-state index contributed by atoms with van der Waals surface area (Å²) in [7, 11) is 0.769. The number of amidine groups is 1. The number of hydrogen-bond donors (Lipinski definition) is 0. The van der Waals surface area contributed by atoms with E-state index >= 15 is 0 Å². The van der Waals surface area contributed by atoms with Crippen molar-refractivity contribution < 1.29 is 26.0 Å². The molecule has 0 heterocycles. The van der Waals surface area contributed by atoms with Gasteiger partial charge in [-0.2, -0.15) is 0 Å². The monoisotopic (exact) mass is 683 g/mol. The second-order valence-corrected chi connectivity index (χ2v) is 19.8. The van der Waals surface area contributed by atoms with Crippen LogP contribution in [0.5, 0.6) is 0 Å². The molecule has 0 bridgehead atoms. The third kappa shape index (κ3) is 12.1. The summed E-state index contributed by atoms with van der Waals surface area (Å²) < 4.78 is 12.2. The first-order valence-electron chi connectivity index (χ1n) is 16.4. The van der Waals surface area contributed by atoms with Crippen LogP contribution in [0.15, 0.2) is 41.4 Å². The van der Waals surface area contributed by atoms with E-state index in [2.05, 4.69) is 140 Å². The minimum Gasteiger partial charge on any atom is -0.436 e. The van der Waals surface area contributed by atoms with Crippen molar-refractivity contribution in [3.63, 3.8) is 0 Å². The largest absolute Gasteiger partial charge is 2.00 e. The summed E-state index contributed by atoms with van der Waals surface area (Å²) in [5.41, 5.74) is 6.98. The van der Waals surface area contributed by atoms with Crippen molar-refractivity contribution in [3.05, 3.63) is 71.4 Å². The smallest absolute Gasteiger partial charge is 0.436 e. The van der Waals surface area contributed by atoms with Gasteiger partial charge in [0, 0.05) is 20.9 Å². The van der Waals surface area contributed by atoms with E-state index < -0.39 is 7.92 Å². The minimum absolute atomic E-state index is 0. The Morgan fingerprint density at radius 3 is 1.53 bits per heavy atom. The normalized spacial score (nSPS) is 14.2. The predicted octanol–water partition coefficient (Wildman–Crippen LogP) is 12.8. The van der Waals surface area contributed by atoms with E-state index in [-0.39, 0.29) is 52.5 Å². The van der Waals surface area contributed by atoms with Crippen LogP contribution in [0.4, 0.5) is 11.4 Å². The van der Waals surface area contributed by atoms with Gasteiger partial charge in [0.05, 0.1) is 22.6 Å². The van der Waals surface area contributed by atoms with Crippen LogP contribution in [0.25, 0.3) is 5.32 Å². The van der Waals surface area contributed by atoms with Gasteiger partial charge in [-0.25, -0.2) is 0 Å². The molecule has 4 nitrogen and oxygen atoms in total. The van der Waals surface area contributed by atoms with Gasteiger partial charge in [-0.3, -0.25) is 0 Å². The zero-order valence-corrected chi connectivity index (χ0v) is 33.7. The van der Waals surface area contributed by atoms with Crippen LogP contribution in [0.1, 0.15) is 150 Å². The van der Waals surface area contributed by atoms with Crippen molar-refractivity contribution in [2.45, 2.75) is 144 Å². The van der Waals surface area contributed by atoms with Crippen molar-refractivity contribution in [1.82, 2.24) is 0 Å². The van der Waals surface area contributed by atoms with E-state index in [1.165, 1.54) is 16.7 Å². The van der Waals surface area contributed by atoms with Crippen molar-refractivity contribution in [2.75, 3.05) is 13.3 Å². The molecule has 2 aromatic carbocycles. The Hall–Kier alpha value is -1.25. The molecule has 0 fully saturated rings. The number of para-hydroxylation sites is 2. The number of methoxy groups -OCH3 is 1. The maximum absolute atomic E-state index is 6.50. The van der Waals surface area contributed by atoms with Gasteiger partial charge in [-0.15, -0.1) is 0 Å². The van der Waals surface area contributed by atoms with E-state index in [1.54, 1.807) is 7.11 Å². The fraction of sp³-hybridized carbons (Fsp3) is 0.641. The summed E-state index contributed by atoms with van der Waals surface area (Å²) >= 11 is 0. The molecular weight excluding hydrogens is 618 g/mol. The minimum atomic E-state index is -0.952. The first-order chi connectivity index (χ1) is 19.8. The molecule has 0 radical (unpaired) electrons. The predicted molar refractivity (Wildman–Crippen MR) is 200 cm³/mol. The van der Waals surface area contributed by atoms with Gasteiger partial charge in [0.1, 0.15) is 0 Å². The van der Waals surface area contributed by atoms with E-state index in [1.807, 2.05) is 0 Å². The maximum Gasteiger partial charge on any atom is 2.00 e. The molecule has 0 aromatic heterocycles. The standard InChI is InChI=1S/C38H62N2O2P.CH3.Ni/c1-24(2)29-19-17-20-30(25(3)4)34(29)39-33(23-43(37(10,11)12)38(13,14)15)40-35-31(26(5)6)21-18-22-32(35)28(9)42-36(41-16)27(7)8;;/h17-22,24-28,36H,23H2,1-16H3;1H3;/q2*-1;+2/p+1. The molecule has 0 amide bonds. The Balaban J connectivity index is 0.00000968. The van der Waals surface area contributed by atoms with Crippen molar-refractivity contribution in [1.29, 1.82) is 0 Å². The molecule has 0 aliphatic rings. The number of aliphatic imine (C=N–C) groups is 1. The second-order valence-electron chi connectivity index (χ2n) is 15.5. The first kappa shape index (κ1) is 43.8. The van der Waals surface area contributed by atoms with Crippen LogP contribution in [-0.4, -0.2) is 35.7 Å². The summed E-state index contributed by atoms with van der Waals surface area (Å²) in [6.45, 7) is 34.3. The van der Waals surface area contributed by atoms with Crippen molar-refractivity contribution in [3.8, 4) is 0 Å². The third-order valence-corrected chi connectivity index (χ3v) is 12.5. The molecular formula is C39H66N2NiO2P+. The van der Waals surface area contributed by atoms with Gasteiger partial charge in [0.25, 0.3) is 0 Å². The van der Waals surface area contributed by atoms with Gasteiger partial charge < -0.3 is 27.2 Å².